The molecule has 2 heterocycles. The van der Waals surface area contributed by atoms with Crippen LogP contribution in [-0.2, 0) is 13.6 Å². The zero-order valence-electron chi connectivity index (χ0n) is 11.2. The van der Waals surface area contributed by atoms with Crippen LogP contribution in [0.1, 0.15) is 34.7 Å². The molecule has 0 aromatic carbocycles. The molecule has 0 N–H and O–H groups in total. The average molecular weight is 259 g/mol. The number of amides is 1. The van der Waals surface area contributed by atoms with Gasteiger partial charge in [-0.3, -0.25) is 4.79 Å². The van der Waals surface area contributed by atoms with Crippen LogP contribution in [0.5, 0.6) is 0 Å². The lowest BCUT2D eigenvalue weighted by Crippen LogP contribution is -2.33. The second-order valence-corrected chi connectivity index (χ2v) is 5.07. The highest BCUT2D eigenvalue weighted by Gasteiger charge is 2.34. The van der Waals surface area contributed by atoms with E-state index in [1.54, 1.807) is 6.92 Å². The molecule has 2 aromatic rings. The van der Waals surface area contributed by atoms with Crippen molar-refractivity contribution >= 4 is 5.91 Å². The Bertz CT molecular complexity index is 595. The summed E-state index contributed by atoms with van der Waals surface area (Å²) in [6.07, 6.45) is 5.68. The predicted octanol–water partition coefficient (Wildman–Crippen LogP) is 2.13. The molecule has 19 heavy (non-hydrogen) atoms. The zero-order valence-corrected chi connectivity index (χ0v) is 11.2. The minimum absolute atomic E-state index is 0.0162. The van der Waals surface area contributed by atoms with E-state index in [0.29, 0.717) is 23.9 Å². The normalized spacial score (nSPS) is 14.6. The van der Waals surface area contributed by atoms with E-state index < -0.39 is 0 Å². The van der Waals surface area contributed by atoms with Crippen molar-refractivity contribution in [2.45, 2.75) is 32.4 Å². The molecule has 0 radical (unpaired) electrons. The van der Waals surface area contributed by atoms with Crippen LogP contribution in [0.2, 0.25) is 0 Å². The zero-order chi connectivity index (χ0) is 13.4. The van der Waals surface area contributed by atoms with Gasteiger partial charge < -0.3 is 14.0 Å². The lowest BCUT2D eigenvalue weighted by Gasteiger charge is -2.22. The Morgan fingerprint density at radius 2 is 2.37 bits per heavy atom. The molecular weight excluding hydrogens is 242 g/mol. The van der Waals surface area contributed by atoms with E-state index in [2.05, 4.69) is 5.16 Å². The molecule has 0 saturated heterocycles. The van der Waals surface area contributed by atoms with Gasteiger partial charge in [-0.15, -0.1) is 0 Å². The molecule has 2 aromatic heterocycles. The number of rotatable bonds is 4. The van der Waals surface area contributed by atoms with E-state index >= 15 is 0 Å². The van der Waals surface area contributed by atoms with Gasteiger partial charge in [-0.2, -0.15) is 0 Å². The van der Waals surface area contributed by atoms with Crippen molar-refractivity contribution in [2.75, 3.05) is 0 Å². The molecule has 1 amide bonds. The second-order valence-electron chi connectivity index (χ2n) is 5.07. The van der Waals surface area contributed by atoms with Gasteiger partial charge >= 0.3 is 0 Å². The summed E-state index contributed by atoms with van der Waals surface area (Å²) in [4.78, 5) is 14.5. The van der Waals surface area contributed by atoms with Gasteiger partial charge in [-0.1, -0.05) is 5.16 Å². The van der Waals surface area contributed by atoms with Crippen molar-refractivity contribution in [3.63, 3.8) is 0 Å². The van der Waals surface area contributed by atoms with E-state index in [-0.39, 0.29) is 5.91 Å². The Morgan fingerprint density at radius 1 is 1.58 bits per heavy atom. The fourth-order valence-corrected chi connectivity index (χ4v) is 2.25. The topological polar surface area (TPSA) is 51.3 Å². The van der Waals surface area contributed by atoms with Crippen LogP contribution in [-0.4, -0.2) is 26.6 Å². The Kier molecular flexibility index (Phi) is 2.89. The Morgan fingerprint density at radius 3 is 2.89 bits per heavy atom. The van der Waals surface area contributed by atoms with Crippen LogP contribution in [0.25, 0.3) is 0 Å². The molecule has 1 aliphatic carbocycles. The summed E-state index contributed by atoms with van der Waals surface area (Å²) in [6.45, 7) is 2.41. The summed E-state index contributed by atoms with van der Waals surface area (Å²) < 4.78 is 7.04. The maximum absolute atomic E-state index is 12.6. The van der Waals surface area contributed by atoms with Crippen molar-refractivity contribution < 1.29 is 9.32 Å². The number of nitrogens with zero attached hydrogens (tertiary/aromatic N) is 3. The van der Waals surface area contributed by atoms with Crippen molar-refractivity contribution in [1.82, 2.24) is 14.6 Å². The third-order valence-electron chi connectivity index (χ3n) is 3.61. The van der Waals surface area contributed by atoms with Crippen LogP contribution in [0.15, 0.2) is 29.0 Å². The molecule has 5 heteroatoms. The quantitative estimate of drug-likeness (QED) is 0.845. The SMILES string of the molecule is Cc1oncc1C(=O)N(Cc1cccn1C)C1CC1. The van der Waals surface area contributed by atoms with Gasteiger partial charge in [0.1, 0.15) is 11.3 Å². The van der Waals surface area contributed by atoms with Gasteiger partial charge in [-0.25, -0.2) is 0 Å². The second kappa shape index (κ2) is 4.57. The summed E-state index contributed by atoms with van der Waals surface area (Å²) in [6, 6.07) is 4.40. The molecule has 3 rings (SSSR count). The highest BCUT2D eigenvalue weighted by atomic mass is 16.5. The summed E-state index contributed by atoms with van der Waals surface area (Å²) >= 11 is 0. The number of aryl methyl sites for hydroxylation is 2. The van der Waals surface area contributed by atoms with Gasteiger partial charge in [0.2, 0.25) is 0 Å². The van der Waals surface area contributed by atoms with Crippen LogP contribution < -0.4 is 0 Å². The molecule has 5 nitrogen and oxygen atoms in total. The molecule has 1 aliphatic rings. The third kappa shape index (κ3) is 2.28. The molecule has 0 aliphatic heterocycles. The third-order valence-corrected chi connectivity index (χ3v) is 3.61. The summed E-state index contributed by atoms with van der Waals surface area (Å²) in [5, 5.41) is 3.69. The largest absolute Gasteiger partial charge is 0.361 e. The Balaban J connectivity index is 1.84. The Labute approximate surface area is 111 Å². The van der Waals surface area contributed by atoms with Crippen molar-refractivity contribution in [3.05, 3.63) is 41.5 Å². The van der Waals surface area contributed by atoms with Crippen LogP contribution >= 0.6 is 0 Å². The summed E-state index contributed by atoms with van der Waals surface area (Å²) in [5.74, 6) is 0.602. The minimum atomic E-state index is 0.0162. The van der Waals surface area contributed by atoms with Gasteiger partial charge in [0.15, 0.2) is 0 Å². The molecule has 0 spiro atoms. The number of carbonyl (C=O) groups excluding carboxylic acids is 1. The molecular formula is C14H17N3O2. The molecule has 1 fully saturated rings. The predicted molar refractivity (Wildman–Crippen MR) is 69.5 cm³/mol. The average Bonchev–Trinajstić information content (AvgIpc) is 3.02. The number of hydrogen-bond donors (Lipinski definition) is 0. The first-order valence-corrected chi connectivity index (χ1v) is 6.49. The highest BCUT2D eigenvalue weighted by molar-refractivity contribution is 5.95. The maximum atomic E-state index is 12.6. The number of hydrogen-bond acceptors (Lipinski definition) is 3. The smallest absolute Gasteiger partial charge is 0.259 e. The van der Waals surface area contributed by atoms with Gasteiger partial charge in [-0.05, 0) is 31.9 Å². The highest BCUT2D eigenvalue weighted by Crippen LogP contribution is 2.30. The first-order chi connectivity index (χ1) is 9.16. The van der Waals surface area contributed by atoms with E-state index in [0.717, 1.165) is 18.5 Å². The Hall–Kier alpha value is -2.04. The van der Waals surface area contributed by atoms with Crippen LogP contribution in [0.3, 0.4) is 0 Å². The summed E-state index contributed by atoms with van der Waals surface area (Å²) in [5.41, 5.74) is 1.70. The van der Waals surface area contributed by atoms with Crippen LogP contribution in [0, 0.1) is 6.92 Å². The lowest BCUT2D eigenvalue weighted by atomic mass is 10.2. The van der Waals surface area contributed by atoms with Gasteiger partial charge in [0.25, 0.3) is 5.91 Å². The molecule has 100 valence electrons. The lowest BCUT2D eigenvalue weighted by molar-refractivity contribution is 0.0724. The number of aromatic nitrogens is 2. The maximum Gasteiger partial charge on any atom is 0.259 e. The standard InChI is InChI=1S/C14H17N3O2/c1-10-13(8-15-19-10)14(18)17(11-5-6-11)9-12-4-3-7-16(12)2/h3-4,7-8,11H,5-6,9H2,1-2H3. The first kappa shape index (κ1) is 12.0. The van der Waals surface area contributed by atoms with E-state index in [1.807, 2.05) is 34.8 Å². The summed E-state index contributed by atoms with van der Waals surface area (Å²) in [7, 11) is 2.00. The number of carbonyl (C=O) groups is 1. The minimum Gasteiger partial charge on any atom is -0.361 e. The van der Waals surface area contributed by atoms with Crippen LogP contribution in [0.4, 0.5) is 0 Å². The van der Waals surface area contributed by atoms with E-state index in [4.69, 9.17) is 4.52 Å². The molecule has 0 bridgehead atoms. The van der Waals surface area contributed by atoms with Crippen molar-refractivity contribution in [1.29, 1.82) is 0 Å². The molecule has 0 unspecified atom stereocenters. The molecule has 1 saturated carbocycles. The van der Waals surface area contributed by atoms with Crippen molar-refractivity contribution in [3.8, 4) is 0 Å². The monoisotopic (exact) mass is 259 g/mol. The van der Waals surface area contributed by atoms with E-state index in [1.165, 1.54) is 6.20 Å². The molecule has 0 atom stereocenters. The van der Waals surface area contributed by atoms with Crippen molar-refractivity contribution in [2.24, 2.45) is 7.05 Å². The van der Waals surface area contributed by atoms with E-state index in [9.17, 15) is 4.79 Å². The van der Waals surface area contributed by atoms with Gasteiger partial charge in [0.05, 0.1) is 12.7 Å². The first-order valence-electron chi connectivity index (χ1n) is 6.49. The fourth-order valence-electron chi connectivity index (χ4n) is 2.25. The fraction of sp³-hybridized carbons (Fsp3) is 0.429. The van der Waals surface area contributed by atoms with Gasteiger partial charge in [0, 0.05) is 25.0 Å².